The Kier molecular flexibility index (Phi) is 7.16. The average molecular weight is 419 g/mol. The van der Waals surface area contributed by atoms with Gasteiger partial charge in [0.05, 0.1) is 11.0 Å². The van der Waals surface area contributed by atoms with Gasteiger partial charge < -0.3 is 27.6 Å². The van der Waals surface area contributed by atoms with E-state index in [2.05, 4.69) is 26.1 Å². The number of rotatable bonds is 6. The maximum atomic E-state index is 12.0. The minimum absolute atomic E-state index is 0. The minimum Gasteiger partial charge on any atom is -1.00 e. The summed E-state index contributed by atoms with van der Waals surface area (Å²) in [7, 11) is 3.47. The molecule has 1 aromatic heterocycles. The van der Waals surface area contributed by atoms with Crippen molar-refractivity contribution < 1.29 is 22.3 Å². The molecule has 0 saturated carbocycles. The van der Waals surface area contributed by atoms with Gasteiger partial charge in [0.1, 0.15) is 18.5 Å². The van der Waals surface area contributed by atoms with Gasteiger partial charge in [-0.3, -0.25) is 9.13 Å². The molecule has 0 aliphatic carbocycles. The van der Waals surface area contributed by atoms with E-state index in [1.165, 1.54) is 5.56 Å². The van der Waals surface area contributed by atoms with E-state index in [4.69, 9.17) is 4.74 Å². The normalized spacial score (nSPS) is 12.6. The fraction of sp³-hybridized carbons (Fsp3) is 0.409. The van der Waals surface area contributed by atoms with Crippen LogP contribution in [0.3, 0.4) is 0 Å². The summed E-state index contributed by atoms with van der Waals surface area (Å²) >= 11 is 0. The van der Waals surface area contributed by atoms with Gasteiger partial charge in [-0.05, 0) is 56.2 Å². The Labute approximate surface area is 177 Å². The second kappa shape index (κ2) is 9.03. The Morgan fingerprint density at radius 2 is 1.66 bits per heavy atom. The van der Waals surface area contributed by atoms with Crippen LogP contribution < -0.4 is 28.2 Å². The number of nitrogens with zero attached hydrogens (tertiary/aromatic N) is 2. The summed E-state index contributed by atoms with van der Waals surface area (Å²) in [5, 5.41) is 14.0. The number of aliphatic hydroxyl groups excluding tert-OH is 1. The average Bonchev–Trinajstić information content (AvgIpc) is 2.88. The van der Waals surface area contributed by atoms with Gasteiger partial charge in [0.2, 0.25) is 0 Å². The molecule has 1 atom stereocenters. The molecule has 1 heterocycles. The number of aromatic nitrogens is 2. The predicted octanol–water partition coefficient (Wildman–Crippen LogP) is -0.118. The highest BCUT2D eigenvalue weighted by atomic mass is 35.5. The van der Waals surface area contributed by atoms with Gasteiger partial charge in [-0.15, -0.1) is 0 Å². The lowest BCUT2D eigenvalue weighted by atomic mass is 10.1. The molecule has 0 fully saturated rings. The number of benzene rings is 2. The molecule has 3 aromatic rings. The van der Waals surface area contributed by atoms with E-state index in [1.54, 1.807) is 23.2 Å². The lowest BCUT2D eigenvalue weighted by Crippen LogP contribution is -3.00. The number of imidazole rings is 1. The maximum absolute atomic E-state index is 12.0. The van der Waals surface area contributed by atoms with Gasteiger partial charge in [0.25, 0.3) is 0 Å². The van der Waals surface area contributed by atoms with Crippen molar-refractivity contribution in [2.75, 3.05) is 6.61 Å². The van der Waals surface area contributed by atoms with E-state index in [-0.39, 0.29) is 30.2 Å². The fourth-order valence-electron chi connectivity index (χ4n) is 3.07. The number of ether oxygens (including phenoxy) is 1. The highest BCUT2D eigenvalue weighted by Crippen LogP contribution is 2.21. The van der Waals surface area contributed by atoms with Gasteiger partial charge in [-0.1, -0.05) is 18.2 Å². The Balaban J connectivity index is 0.00000300. The second-order valence-corrected chi connectivity index (χ2v) is 8.22. The fourth-order valence-corrected chi connectivity index (χ4v) is 3.07. The molecule has 0 radical (unpaired) electrons. The zero-order chi connectivity index (χ0) is 20.5. The minimum atomic E-state index is -0.776. The Bertz CT molecular complexity index is 1020. The van der Waals surface area contributed by atoms with Gasteiger partial charge >= 0.3 is 5.69 Å². The number of halogens is 1. The SMILES string of the molecule is Cn1c(=O)n(C)c2cc(C(O)COc3ccc(CNC(C)(C)C)cc3)ccc21.[Cl-]. The van der Waals surface area contributed by atoms with Crippen LogP contribution in [0.4, 0.5) is 0 Å². The molecule has 3 rings (SSSR count). The largest absolute Gasteiger partial charge is 1.00 e. The zero-order valence-corrected chi connectivity index (χ0v) is 18.3. The van der Waals surface area contributed by atoms with Crippen molar-refractivity contribution in [1.82, 2.24) is 14.5 Å². The quantitative estimate of drug-likeness (QED) is 0.585. The summed E-state index contributed by atoms with van der Waals surface area (Å²) < 4.78 is 8.93. The second-order valence-electron chi connectivity index (χ2n) is 8.22. The first-order chi connectivity index (χ1) is 13.2. The van der Waals surface area contributed by atoms with Gasteiger partial charge in [0.15, 0.2) is 0 Å². The zero-order valence-electron chi connectivity index (χ0n) is 17.6. The highest BCUT2D eigenvalue weighted by molar-refractivity contribution is 5.76. The van der Waals surface area contributed by atoms with E-state index in [1.807, 2.05) is 42.5 Å². The first kappa shape index (κ1) is 23.0. The van der Waals surface area contributed by atoms with Gasteiger partial charge in [-0.25, -0.2) is 4.79 Å². The number of aryl methyl sites for hydroxylation is 2. The van der Waals surface area contributed by atoms with Gasteiger partial charge in [0, 0.05) is 26.2 Å². The molecule has 0 spiro atoms. The standard InChI is InChI=1S/C22H29N3O3.ClH/c1-22(2,3)23-13-15-6-9-17(10-7-15)28-14-20(26)16-8-11-18-19(12-16)25(5)21(27)24(18)4;/h6-12,20,23,26H,13-14H2,1-5H3;1H/p-1. The topological polar surface area (TPSA) is 68.4 Å². The monoisotopic (exact) mass is 418 g/mol. The van der Waals surface area contributed by atoms with Crippen molar-refractivity contribution >= 4 is 11.0 Å². The van der Waals surface area contributed by atoms with Crippen LogP contribution >= 0.6 is 0 Å². The number of fused-ring (bicyclic) bond motifs is 1. The Morgan fingerprint density at radius 1 is 1.03 bits per heavy atom. The molecule has 158 valence electrons. The molecular formula is C22H29ClN3O3-. The van der Waals surface area contributed by atoms with Crippen molar-refractivity contribution in [3.8, 4) is 5.75 Å². The summed E-state index contributed by atoms with van der Waals surface area (Å²) in [5.74, 6) is 0.715. The van der Waals surface area contributed by atoms with Crippen LogP contribution in [-0.2, 0) is 20.6 Å². The highest BCUT2D eigenvalue weighted by Gasteiger charge is 2.13. The molecule has 0 amide bonds. The predicted molar refractivity (Wildman–Crippen MR) is 112 cm³/mol. The third-order valence-electron chi connectivity index (χ3n) is 4.83. The maximum Gasteiger partial charge on any atom is 0.328 e. The van der Waals surface area contributed by atoms with E-state index < -0.39 is 6.10 Å². The first-order valence-corrected chi connectivity index (χ1v) is 9.46. The van der Waals surface area contributed by atoms with Crippen LogP contribution in [0.25, 0.3) is 11.0 Å². The summed E-state index contributed by atoms with van der Waals surface area (Å²) in [4.78, 5) is 12.0. The summed E-state index contributed by atoms with van der Waals surface area (Å²) in [6.07, 6.45) is -0.776. The molecule has 0 saturated heterocycles. The first-order valence-electron chi connectivity index (χ1n) is 9.46. The van der Waals surface area contributed by atoms with Crippen molar-refractivity contribution in [2.24, 2.45) is 14.1 Å². The molecule has 0 aliphatic heterocycles. The van der Waals surface area contributed by atoms with Crippen LogP contribution in [0.5, 0.6) is 5.75 Å². The van der Waals surface area contributed by atoms with Crippen LogP contribution in [0.1, 0.15) is 38.0 Å². The van der Waals surface area contributed by atoms with Gasteiger partial charge in [-0.2, -0.15) is 0 Å². The summed E-state index contributed by atoms with van der Waals surface area (Å²) in [6.45, 7) is 7.34. The summed E-state index contributed by atoms with van der Waals surface area (Å²) in [6, 6.07) is 13.4. The molecule has 7 heteroatoms. The van der Waals surface area contributed by atoms with E-state index in [0.29, 0.717) is 5.75 Å². The third-order valence-corrected chi connectivity index (χ3v) is 4.83. The van der Waals surface area contributed by atoms with Crippen LogP contribution in [0.15, 0.2) is 47.3 Å². The smallest absolute Gasteiger partial charge is 0.328 e. The van der Waals surface area contributed by atoms with E-state index in [9.17, 15) is 9.90 Å². The van der Waals surface area contributed by atoms with E-state index >= 15 is 0 Å². The molecule has 0 aliphatic rings. The Morgan fingerprint density at radius 3 is 2.28 bits per heavy atom. The molecule has 0 bridgehead atoms. The van der Waals surface area contributed by atoms with Crippen molar-refractivity contribution in [1.29, 1.82) is 0 Å². The molecule has 2 N–H and O–H groups in total. The number of hydrogen-bond acceptors (Lipinski definition) is 4. The van der Waals surface area contributed by atoms with Crippen molar-refractivity contribution in [2.45, 2.75) is 39.0 Å². The van der Waals surface area contributed by atoms with Crippen LogP contribution in [0.2, 0.25) is 0 Å². The Hall–Kier alpha value is -2.28. The van der Waals surface area contributed by atoms with Crippen LogP contribution in [0, 0.1) is 0 Å². The van der Waals surface area contributed by atoms with Crippen molar-refractivity contribution in [3.05, 3.63) is 64.1 Å². The summed E-state index contributed by atoms with van der Waals surface area (Å²) in [5.41, 5.74) is 3.52. The molecular weight excluding hydrogens is 390 g/mol. The number of nitrogens with one attached hydrogen (secondary N) is 1. The molecule has 6 nitrogen and oxygen atoms in total. The van der Waals surface area contributed by atoms with Crippen LogP contribution in [-0.4, -0.2) is 26.4 Å². The number of aliphatic hydroxyl groups is 1. The molecule has 29 heavy (non-hydrogen) atoms. The van der Waals surface area contributed by atoms with Crippen molar-refractivity contribution in [3.63, 3.8) is 0 Å². The molecule has 2 aromatic carbocycles. The third kappa shape index (κ3) is 5.41. The lowest BCUT2D eigenvalue weighted by Gasteiger charge is -2.20. The lowest BCUT2D eigenvalue weighted by molar-refractivity contribution is -0.00000821. The number of hydrogen-bond donors (Lipinski definition) is 2. The molecule has 1 unspecified atom stereocenters. The van der Waals surface area contributed by atoms with E-state index in [0.717, 1.165) is 23.1 Å².